The fraction of sp³-hybridized carbons (Fsp3) is 0.179. The molecule has 0 bridgehead atoms. The minimum atomic E-state index is -0.795. The molecule has 1 aliphatic rings. The van der Waals surface area contributed by atoms with Gasteiger partial charge in [-0.25, -0.2) is 9.79 Å². The molecule has 41 heavy (non-hydrogen) atoms. The van der Waals surface area contributed by atoms with E-state index in [-0.39, 0.29) is 28.4 Å². The van der Waals surface area contributed by atoms with E-state index in [0.717, 1.165) is 11.3 Å². The molecular weight excluding hydrogens is 638 g/mol. The van der Waals surface area contributed by atoms with Gasteiger partial charge in [-0.2, -0.15) is 0 Å². The molecule has 2 aromatic carbocycles. The van der Waals surface area contributed by atoms with Gasteiger partial charge in [0, 0.05) is 17.7 Å². The Hall–Kier alpha value is -4.00. The fourth-order valence-electron chi connectivity index (χ4n) is 4.48. The van der Waals surface area contributed by atoms with Gasteiger partial charge in [0.1, 0.15) is 22.3 Å². The van der Waals surface area contributed by atoms with Gasteiger partial charge in [-0.15, -0.1) is 0 Å². The van der Waals surface area contributed by atoms with Gasteiger partial charge in [0.15, 0.2) is 4.80 Å². The summed E-state index contributed by atoms with van der Waals surface area (Å²) >= 11 is 10.6. The van der Waals surface area contributed by atoms with E-state index in [1.165, 1.54) is 16.7 Å². The summed E-state index contributed by atoms with van der Waals surface area (Å²) in [7, 11) is 1.55. The summed E-state index contributed by atoms with van der Waals surface area (Å²) in [5.41, 5.74) is 1.20. The predicted molar refractivity (Wildman–Crippen MR) is 157 cm³/mol. The van der Waals surface area contributed by atoms with Crippen molar-refractivity contribution in [1.82, 2.24) is 4.57 Å². The van der Waals surface area contributed by atoms with Crippen LogP contribution in [0.5, 0.6) is 5.75 Å². The highest BCUT2D eigenvalue weighted by Crippen LogP contribution is 2.35. The van der Waals surface area contributed by atoms with Gasteiger partial charge in [-0.05, 0) is 71.7 Å². The zero-order chi connectivity index (χ0) is 29.4. The van der Waals surface area contributed by atoms with E-state index in [9.17, 15) is 19.7 Å². The lowest BCUT2D eigenvalue weighted by atomic mass is 9.96. The van der Waals surface area contributed by atoms with Gasteiger partial charge in [0.25, 0.3) is 11.2 Å². The molecule has 0 fully saturated rings. The number of hydrogen-bond acceptors (Lipinski definition) is 9. The van der Waals surface area contributed by atoms with Crippen LogP contribution in [0.2, 0.25) is 5.02 Å². The molecule has 3 heterocycles. The Bertz CT molecular complexity index is 1920. The number of carbonyl (C=O) groups excluding carboxylic acids is 1. The number of nitro benzene ring substituents is 1. The van der Waals surface area contributed by atoms with Crippen molar-refractivity contribution in [3.05, 3.63) is 110 Å². The Labute approximate surface area is 250 Å². The van der Waals surface area contributed by atoms with Crippen molar-refractivity contribution in [3.63, 3.8) is 0 Å². The highest BCUT2D eigenvalue weighted by Gasteiger charge is 2.33. The zero-order valence-corrected chi connectivity index (χ0v) is 25.0. The Kier molecular flexibility index (Phi) is 7.98. The second-order valence-electron chi connectivity index (χ2n) is 8.82. The maximum atomic E-state index is 13.8. The number of hydrogen-bond donors (Lipinski definition) is 0. The van der Waals surface area contributed by atoms with Crippen molar-refractivity contribution in [1.29, 1.82) is 0 Å². The lowest BCUT2D eigenvalue weighted by molar-refractivity contribution is -0.384. The monoisotopic (exact) mass is 657 g/mol. The molecule has 0 N–H and O–H groups in total. The molecule has 1 aliphatic heterocycles. The summed E-state index contributed by atoms with van der Waals surface area (Å²) in [5, 5.41) is 11.3. The summed E-state index contributed by atoms with van der Waals surface area (Å²) in [5.74, 6) is 0.755. The maximum absolute atomic E-state index is 13.8. The van der Waals surface area contributed by atoms with E-state index in [1.807, 2.05) is 0 Å². The number of esters is 1. The molecule has 210 valence electrons. The summed E-state index contributed by atoms with van der Waals surface area (Å²) < 4.78 is 19.0. The average Bonchev–Trinajstić information content (AvgIpc) is 3.52. The normalized spacial score (nSPS) is 15.0. The Morgan fingerprint density at radius 3 is 2.73 bits per heavy atom. The molecule has 0 amide bonds. The molecule has 10 nitrogen and oxygen atoms in total. The lowest BCUT2D eigenvalue weighted by Gasteiger charge is -2.25. The first-order valence-corrected chi connectivity index (χ1v) is 14.2. The lowest BCUT2D eigenvalue weighted by Crippen LogP contribution is -2.39. The van der Waals surface area contributed by atoms with Crippen LogP contribution in [-0.4, -0.2) is 29.2 Å². The fourth-order valence-corrected chi connectivity index (χ4v) is 6.25. The van der Waals surface area contributed by atoms with Crippen LogP contribution in [0.15, 0.2) is 78.5 Å². The molecule has 4 aromatic rings. The first-order chi connectivity index (χ1) is 19.6. The molecular formula is C28H21BrClN3O7S. The number of fused-ring (bicyclic) bond motifs is 1. The predicted octanol–water partition coefficient (Wildman–Crippen LogP) is 5.39. The van der Waals surface area contributed by atoms with E-state index < -0.39 is 16.9 Å². The van der Waals surface area contributed by atoms with Crippen LogP contribution in [0.3, 0.4) is 0 Å². The summed E-state index contributed by atoms with van der Waals surface area (Å²) in [6.07, 6.45) is 1.57. The first-order valence-electron chi connectivity index (χ1n) is 12.2. The maximum Gasteiger partial charge on any atom is 0.338 e. The number of benzene rings is 2. The van der Waals surface area contributed by atoms with Gasteiger partial charge in [0.2, 0.25) is 0 Å². The molecule has 0 saturated carbocycles. The number of nitrogens with zero attached hydrogens (tertiary/aromatic N) is 3. The van der Waals surface area contributed by atoms with Crippen molar-refractivity contribution in [3.8, 4) is 17.1 Å². The van der Waals surface area contributed by atoms with Crippen molar-refractivity contribution in [2.45, 2.75) is 19.9 Å². The second-order valence-corrected chi connectivity index (χ2v) is 11.1. The molecule has 0 saturated heterocycles. The van der Waals surface area contributed by atoms with Crippen LogP contribution >= 0.6 is 38.9 Å². The average molecular weight is 659 g/mol. The van der Waals surface area contributed by atoms with Crippen LogP contribution in [-0.2, 0) is 9.53 Å². The van der Waals surface area contributed by atoms with Crippen LogP contribution in [0.25, 0.3) is 17.4 Å². The minimum absolute atomic E-state index is 0.0163. The smallest absolute Gasteiger partial charge is 0.338 e. The second kappa shape index (κ2) is 11.5. The number of carbonyl (C=O) groups is 1. The van der Waals surface area contributed by atoms with E-state index >= 15 is 0 Å². The van der Waals surface area contributed by atoms with Crippen LogP contribution < -0.4 is 19.6 Å². The molecule has 1 atom stereocenters. The molecule has 5 rings (SSSR count). The number of halogens is 2. The van der Waals surface area contributed by atoms with Crippen molar-refractivity contribution < 1.29 is 23.6 Å². The van der Waals surface area contributed by atoms with Gasteiger partial charge in [-0.1, -0.05) is 29.0 Å². The Morgan fingerprint density at radius 1 is 1.27 bits per heavy atom. The largest absolute Gasteiger partial charge is 0.496 e. The van der Waals surface area contributed by atoms with Crippen molar-refractivity contribution in [2.24, 2.45) is 4.99 Å². The number of furan rings is 1. The van der Waals surface area contributed by atoms with Gasteiger partial charge in [-0.3, -0.25) is 19.5 Å². The minimum Gasteiger partial charge on any atom is -0.496 e. The number of methoxy groups -OCH3 is 1. The summed E-state index contributed by atoms with van der Waals surface area (Å²) in [6.45, 7) is 3.58. The van der Waals surface area contributed by atoms with Crippen molar-refractivity contribution >= 4 is 56.6 Å². The van der Waals surface area contributed by atoms with Crippen LogP contribution in [0.4, 0.5) is 5.69 Å². The van der Waals surface area contributed by atoms with E-state index in [4.69, 9.17) is 25.5 Å². The van der Waals surface area contributed by atoms with Gasteiger partial charge < -0.3 is 13.9 Å². The highest BCUT2D eigenvalue weighted by molar-refractivity contribution is 9.10. The molecule has 0 unspecified atom stereocenters. The van der Waals surface area contributed by atoms with Gasteiger partial charge in [0.05, 0.1) is 45.0 Å². The number of rotatable bonds is 7. The SMILES string of the molecule is CCOC(=O)C1=C(C)N=c2s/c(=C/c3ccc(-c4ccc(Cl)c([N+](=O)[O-])c4)o3)c(=O)n2[C@H]1c1ccc(OC)c(Br)c1. The summed E-state index contributed by atoms with van der Waals surface area (Å²) in [6, 6.07) is 12.2. The quantitative estimate of drug-likeness (QED) is 0.148. The number of aromatic nitrogens is 1. The number of allylic oxidation sites excluding steroid dienone is 1. The third-order valence-electron chi connectivity index (χ3n) is 6.34. The number of thiazole rings is 1. The standard InChI is InChI=1S/C28H21BrClN3O7S/c1-4-39-27(35)24-14(2)31-28-32(25(24)16-6-9-22(38-3)18(29)11-16)26(34)23(41-28)13-17-7-10-21(40-17)15-5-8-19(30)20(12-15)33(36)37/h5-13,25H,4H2,1-3H3/b23-13+/t25-/m0/s1. The zero-order valence-electron chi connectivity index (χ0n) is 21.8. The number of ether oxygens (including phenoxy) is 2. The molecule has 0 spiro atoms. The van der Waals surface area contributed by atoms with Gasteiger partial charge >= 0.3 is 5.97 Å². The molecule has 2 aromatic heterocycles. The third-order valence-corrected chi connectivity index (χ3v) is 8.26. The van der Waals surface area contributed by atoms with Crippen molar-refractivity contribution in [2.75, 3.05) is 13.7 Å². The topological polar surface area (TPSA) is 126 Å². The highest BCUT2D eigenvalue weighted by atomic mass is 79.9. The van der Waals surface area contributed by atoms with E-state index in [1.54, 1.807) is 63.4 Å². The first kappa shape index (κ1) is 28.5. The van der Waals surface area contributed by atoms with E-state index in [2.05, 4.69) is 20.9 Å². The third kappa shape index (κ3) is 5.37. The Morgan fingerprint density at radius 2 is 2.05 bits per heavy atom. The van der Waals surface area contributed by atoms with Crippen LogP contribution in [0.1, 0.15) is 31.2 Å². The summed E-state index contributed by atoms with van der Waals surface area (Å²) in [4.78, 5) is 42.6. The number of nitro groups is 1. The van der Waals surface area contributed by atoms with Crippen LogP contribution in [0, 0.1) is 10.1 Å². The molecule has 0 radical (unpaired) electrons. The molecule has 13 heteroatoms. The Balaban J connectivity index is 1.63. The van der Waals surface area contributed by atoms with E-state index in [0.29, 0.717) is 47.9 Å². The molecule has 0 aliphatic carbocycles.